The highest BCUT2D eigenvalue weighted by Gasteiger charge is 2.32. The van der Waals surface area contributed by atoms with Crippen molar-refractivity contribution < 1.29 is 4.79 Å². The highest BCUT2D eigenvalue weighted by Crippen LogP contribution is 2.27. The Morgan fingerprint density at radius 3 is 2.75 bits per heavy atom. The zero-order chi connectivity index (χ0) is 14.7. The van der Waals surface area contributed by atoms with Gasteiger partial charge < -0.3 is 10.6 Å². The van der Waals surface area contributed by atoms with E-state index in [4.69, 9.17) is 5.73 Å². The van der Waals surface area contributed by atoms with Crippen molar-refractivity contribution >= 4 is 5.91 Å². The van der Waals surface area contributed by atoms with Crippen LogP contribution in [-0.2, 0) is 4.79 Å². The number of rotatable bonds is 4. The lowest BCUT2D eigenvalue weighted by Crippen LogP contribution is -2.35. The summed E-state index contributed by atoms with van der Waals surface area (Å²) in [6, 6.07) is 8.66. The lowest BCUT2D eigenvalue weighted by molar-refractivity contribution is -0.132. The van der Waals surface area contributed by atoms with Crippen LogP contribution in [0.5, 0.6) is 0 Å². The molecule has 1 saturated heterocycles. The van der Waals surface area contributed by atoms with E-state index in [9.17, 15) is 4.79 Å². The van der Waals surface area contributed by atoms with Gasteiger partial charge in [-0.25, -0.2) is 0 Å². The molecule has 3 unspecified atom stereocenters. The van der Waals surface area contributed by atoms with Gasteiger partial charge in [-0.15, -0.1) is 0 Å². The molecule has 0 aromatic heterocycles. The van der Waals surface area contributed by atoms with Gasteiger partial charge in [0, 0.05) is 19.0 Å². The van der Waals surface area contributed by atoms with Crippen LogP contribution in [0.2, 0.25) is 0 Å². The first kappa shape index (κ1) is 15.0. The summed E-state index contributed by atoms with van der Waals surface area (Å²) in [5.74, 6) is 1.01. The average Bonchev–Trinajstić information content (AvgIpc) is 2.80. The maximum atomic E-state index is 12.5. The molecule has 1 amide bonds. The van der Waals surface area contributed by atoms with E-state index in [0.29, 0.717) is 24.9 Å². The smallest absolute Gasteiger partial charge is 0.223 e. The van der Waals surface area contributed by atoms with E-state index < -0.39 is 0 Å². The van der Waals surface area contributed by atoms with Gasteiger partial charge in [0.1, 0.15) is 0 Å². The van der Waals surface area contributed by atoms with Crippen molar-refractivity contribution in [3.05, 3.63) is 35.4 Å². The van der Waals surface area contributed by atoms with Crippen molar-refractivity contribution in [2.24, 2.45) is 11.7 Å². The Bertz CT molecular complexity index is 472. The largest absolute Gasteiger partial charge is 0.340 e. The third kappa shape index (κ3) is 3.21. The van der Waals surface area contributed by atoms with Crippen LogP contribution in [0.4, 0.5) is 0 Å². The van der Waals surface area contributed by atoms with E-state index in [1.54, 1.807) is 0 Å². The molecule has 1 aliphatic heterocycles. The molecule has 110 valence electrons. The zero-order valence-corrected chi connectivity index (χ0v) is 12.8. The van der Waals surface area contributed by atoms with Gasteiger partial charge in [0.15, 0.2) is 0 Å². The van der Waals surface area contributed by atoms with Crippen molar-refractivity contribution in [2.75, 3.05) is 13.1 Å². The Balaban J connectivity index is 2.00. The van der Waals surface area contributed by atoms with Gasteiger partial charge in [0.05, 0.1) is 0 Å². The van der Waals surface area contributed by atoms with Gasteiger partial charge in [0.2, 0.25) is 5.91 Å². The van der Waals surface area contributed by atoms with Gasteiger partial charge in [-0.2, -0.15) is 0 Å². The Kier molecular flexibility index (Phi) is 4.81. The summed E-state index contributed by atoms with van der Waals surface area (Å²) >= 11 is 0. The summed E-state index contributed by atoms with van der Waals surface area (Å²) in [6.45, 7) is 7.89. The first-order valence-corrected chi connectivity index (χ1v) is 7.58. The fourth-order valence-corrected chi connectivity index (χ4v) is 3.29. The molecule has 0 radical (unpaired) electrons. The molecule has 3 atom stereocenters. The summed E-state index contributed by atoms with van der Waals surface area (Å²) in [5.41, 5.74) is 8.28. The number of carbonyl (C=O) groups excluding carboxylic acids is 1. The molecule has 0 aliphatic carbocycles. The first-order chi connectivity index (χ1) is 9.52. The van der Waals surface area contributed by atoms with Gasteiger partial charge >= 0.3 is 0 Å². The molecule has 2 N–H and O–H groups in total. The number of hydrogen-bond acceptors (Lipinski definition) is 2. The van der Waals surface area contributed by atoms with Crippen LogP contribution in [0.25, 0.3) is 0 Å². The van der Waals surface area contributed by atoms with Gasteiger partial charge in [-0.05, 0) is 49.8 Å². The summed E-state index contributed by atoms with van der Waals surface area (Å²) in [7, 11) is 0. The van der Waals surface area contributed by atoms with Crippen molar-refractivity contribution in [1.82, 2.24) is 4.90 Å². The normalized spacial score (nSPS) is 23.9. The summed E-state index contributed by atoms with van der Waals surface area (Å²) < 4.78 is 0. The Morgan fingerprint density at radius 2 is 2.15 bits per heavy atom. The number of aryl methyl sites for hydroxylation is 1. The number of carbonyl (C=O) groups is 1. The topological polar surface area (TPSA) is 46.3 Å². The second-order valence-corrected chi connectivity index (χ2v) is 6.19. The van der Waals surface area contributed by atoms with E-state index in [-0.39, 0.29) is 11.8 Å². The molecular formula is C17H26N2O. The quantitative estimate of drug-likeness (QED) is 0.917. The van der Waals surface area contributed by atoms with Crippen molar-refractivity contribution in [3.63, 3.8) is 0 Å². The van der Waals surface area contributed by atoms with Crippen molar-refractivity contribution in [2.45, 2.75) is 45.6 Å². The number of nitrogens with zero attached hydrogens (tertiary/aromatic N) is 1. The highest BCUT2D eigenvalue weighted by atomic mass is 16.2. The van der Waals surface area contributed by atoms with E-state index in [1.165, 1.54) is 11.1 Å². The monoisotopic (exact) mass is 274 g/mol. The SMILES string of the molecule is Cc1ccccc1C(C)CC(=O)N1CC(CN)CC1C. The van der Waals surface area contributed by atoms with Crippen LogP contribution >= 0.6 is 0 Å². The van der Waals surface area contributed by atoms with E-state index in [2.05, 4.69) is 32.9 Å². The maximum Gasteiger partial charge on any atom is 0.223 e. The second kappa shape index (κ2) is 6.40. The molecule has 3 heteroatoms. The number of nitrogens with two attached hydrogens (primary N) is 1. The fourth-order valence-electron chi connectivity index (χ4n) is 3.29. The molecule has 0 bridgehead atoms. The molecule has 0 saturated carbocycles. The van der Waals surface area contributed by atoms with Gasteiger partial charge in [0.25, 0.3) is 0 Å². The third-order valence-corrected chi connectivity index (χ3v) is 4.52. The first-order valence-electron chi connectivity index (χ1n) is 7.58. The van der Waals surface area contributed by atoms with Crippen molar-refractivity contribution in [3.8, 4) is 0 Å². The number of amides is 1. The minimum absolute atomic E-state index is 0.268. The molecule has 1 aromatic carbocycles. The molecule has 1 aliphatic rings. The Morgan fingerprint density at radius 1 is 1.45 bits per heavy atom. The summed E-state index contributed by atoms with van der Waals surface area (Å²) in [4.78, 5) is 14.5. The molecular weight excluding hydrogens is 248 g/mol. The number of benzene rings is 1. The molecule has 20 heavy (non-hydrogen) atoms. The van der Waals surface area contributed by atoms with Crippen LogP contribution in [-0.4, -0.2) is 29.9 Å². The average molecular weight is 274 g/mol. The summed E-state index contributed by atoms with van der Waals surface area (Å²) in [6.07, 6.45) is 1.63. The molecule has 2 rings (SSSR count). The Labute approximate surface area is 122 Å². The van der Waals surface area contributed by atoms with Gasteiger partial charge in [-0.1, -0.05) is 31.2 Å². The zero-order valence-electron chi connectivity index (χ0n) is 12.8. The van der Waals surface area contributed by atoms with Crippen LogP contribution in [0.15, 0.2) is 24.3 Å². The van der Waals surface area contributed by atoms with Crippen LogP contribution < -0.4 is 5.73 Å². The van der Waals surface area contributed by atoms with Gasteiger partial charge in [-0.3, -0.25) is 4.79 Å². The molecule has 1 aromatic rings. The molecule has 1 heterocycles. The minimum Gasteiger partial charge on any atom is -0.340 e. The van der Waals surface area contributed by atoms with Crippen LogP contribution in [0.3, 0.4) is 0 Å². The van der Waals surface area contributed by atoms with E-state index in [0.717, 1.165) is 13.0 Å². The standard InChI is InChI=1S/C17H26N2O/c1-12-6-4-5-7-16(12)13(2)8-17(20)19-11-15(10-18)9-14(19)3/h4-7,13-15H,8-11,18H2,1-3H3. The lowest BCUT2D eigenvalue weighted by atomic mass is 9.93. The van der Waals surface area contributed by atoms with E-state index >= 15 is 0 Å². The van der Waals surface area contributed by atoms with Crippen LogP contribution in [0, 0.1) is 12.8 Å². The predicted molar refractivity (Wildman–Crippen MR) is 82.5 cm³/mol. The lowest BCUT2D eigenvalue weighted by Gasteiger charge is -2.24. The third-order valence-electron chi connectivity index (χ3n) is 4.52. The molecule has 3 nitrogen and oxygen atoms in total. The molecule has 1 fully saturated rings. The fraction of sp³-hybridized carbons (Fsp3) is 0.588. The number of hydrogen-bond donors (Lipinski definition) is 1. The number of likely N-dealkylation sites (tertiary alicyclic amines) is 1. The second-order valence-electron chi connectivity index (χ2n) is 6.19. The minimum atomic E-state index is 0.268. The van der Waals surface area contributed by atoms with Crippen molar-refractivity contribution in [1.29, 1.82) is 0 Å². The highest BCUT2D eigenvalue weighted by molar-refractivity contribution is 5.77. The van der Waals surface area contributed by atoms with Crippen LogP contribution in [0.1, 0.15) is 43.7 Å². The molecule has 0 spiro atoms. The predicted octanol–water partition coefficient (Wildman–Crippen LogP) is 2.68. The summed E-state index contributed by atoms with van der Waals surface area (Å²) in [5, 5.41) is 0. The van der Waals surface area contributed by atoms with E-state index in [1.807, 2.05) is 17.0 Å². The Hall–Kier alpha value is -1.35. The maximum absolute atomic E-state index is 12.5.